The number of rotatable bonds is 6. The second-order valence-corrected chi connectivity index (χ2v) is 5.21. The van der Waals surface area contributed by atoms with Crippen molar-refractivity contribution in [2.45, 2.75) is 13.0 Å². The Balaban J connectivity index is 1.93. The number of nitro benzene ring substituents is 1. The van der Waals surface area contributed by atoms with Crippen LogP contribution in [0.25, 0.3) is 0 Å². The normalized spacial score (nSPS) is 11.9. The predicted octanol–water partition coefficient (Wildman–Crippen LogP) is 3.63. The number of anilines is 1. The van der Waals surface area contributed by atoms with Gasteiger partial charge in [0, 0.05) is 17.7 Å². The zero-order valence-corrected chi connectivity index (χ0v) is 13.4. The van der Waals surface area contributed by atoms with Crippen LogP contribution in [0.1, 0.15) is 12.5 Å². The molecule has 1 atom stereocenters. The van der Waals surface area contributed by atoms with Crippen molar-refractivity contribution < 1.29 is 14.6 Å². The van der Waals surface area contributed by atoms with Gasteiger partial charge in [-0.15, -0.1) is 0 Å². The number of nitro groups is 1. The average Bonchev–Trinajstić information content (AvgIpc) is 2.57. The smallest absolute Gasteiger partial charge is 0.270 e. The summed E-state index contributed by atoms with van der Waals surface area (Å²) in [7, 11) is 0. The van der Waals surface area contributed by atoms with E-state index in [1.165, 1.54) is 31.3 Å². The number of benzene rings is 2. The van der Waals surface area contributed by atoms with Crippen LogP contribution in [0, 0.1) is 10.1 Å². The molecule has 0 aromatic heterocycles. The highest BCUT2D eigenvalue weighted by molar-refractivity contribution is 6.33. The van der Waals surface area contributed by atoms with E-state index in [9.17, 15) is 14.9 Å². The quantitative estimate of drug-likeness (QED) is 0.490. The highest BCUT2D eigenvalue weighted by Gasteiger charge is 2.15. The molecule has 2 aromatic carbocycles. The second-order valence-electron chi connectivity index (χ2n) is 4.80. The molecule has 8 heteroatoms. The van der Waals surface area contributed by atoms with Crippen molar-refractivity contribution in [3.8, 4) is 0 Å². The first-order chi connectivity index (χ1) is 11.5. The molecule has 0 aliphatic carbocycles. The minimum Gasteiger partial charge on any atom is -0.383 e. The Morgan fingerprint density at radius 3 is 2.79 bits per heavy atom. The van der Waals surface area contributed by atoms with Crippen molar-refractivity contribution in [3.63, 3.8) is 0 Å². The Morgan fingerprint density at radius 2 is 2.08 bits per heavy atom. The van der Waals surface area contributed by atoms with Crippen molar-refractivity contribution in [1.82, 2.24) is 0 Å². The number of hydrogen-bond acceptors (Lipinski definition) is 5. The number of hydrogen-bond donors (Lipinski definition) is 1. The van der Waals surface area contributed by atoms with Gasteiger partial charge in [0.25, 0.3) is 11.6 Å². The van der Waals surface area contributed by atoms with Gasteiger partial charge in [0.2, 0.25) is 6.10 Å². The summed E-state index contributed by atoms with van der Waals surface area (Å²) >= 11 is 5.96. The van der Waals surface area contributed by atoms with Crippen LogP contribution in [0.15, 0.2) is 53.7 Å². The first kappa shape index (κ1) is 17.4. The maximum absolute atomic E-state index is 12.0. The Labute approximate surface area is 143 Å². The molecule has 0 saturated heterocycles. The molecule has 0 aliphatic rings. The Kier molecular flexibility index (Phi) is 5.86. The zero-order valence-electron chi connectivity index (χ0n) is 12.7. The number of nitrogens with zero attached hydrogens (tertiary/aromatic N) is 2. The number of carbonyl (C=O) groups excluding carboxylic acids is 1. The fraction of sp³-hybridized carbons (Fsp3) is 0.125. The maximum Gasteiger partial charge on any atom is 0.270 e. The Bertz CT molecular complexity index is 779. The third-order valence-electron chi connectivity index (χ3n) is 3.00. The van der Waals surface area contributed by atoms with Crippen LogP contribution >= 0.6 is 11.6 Å². The molecule has 0 bridgehead atoms. The van der Waals surface area contributed by atoms with Crippen molar-refractivity contribution in [2.24, 2.45) is 5.16 Å². The molecule has 0 heterocycles. The molecule has 0 spiro atoms. The van der Waals surface area contributed by atoms with Crippen molar-refractivity contribution >= 4 is 35.1 Å². The standard InChI is InChI=1S/C16H14ClN3O4/c1-11(16(21)19-15-8-3-2-7-14(15)17)24-18-10-12-5-4-6-13(9-12)20(22)23/h2-11H,1H3,(H,19,21)/b18-10-/t11-/m1/s1. The Hall–Kier alpha value is -2.93. The van der Waals surface area contributed by atoms with E-state index in [-0.39, 0.29) is 5.69 Å². The number of amides is 1. The molecule has 1 amide bonds. The van der Waals surface area contributed by atoms with Gasteiger partial charge in [-0.1, -0.05) is 41.0 Å². The van der Waals surface area contributed by atoms with Gasteiger partial charge in [-0.25, -0.2) is 0 Å². The summed E-state index contributed by atoms with van der Waals surface area (Å²) in [5, 5.41) is 17.4. The van der Waals surface area contributed by atoms with E-state index in [1.54, 1.807) is 30.3 Å². The minimum atomic E-state index is -0.865. The van der Waals surface area contributed by atoms with E-state index in [1.807, 2.05) is 0 Å². The summed E-state index contributed by atoms with van der Waals surface area (Å²) in [6.45, 7) is 1.52. The van der Waals surface area contributed by atoms with Crippen LogP contribution in [-0.4, -0.2) is 23.1 Å². The molecule has 0 fully saturated rings. The van der Waals surface area contributed by atoms with E-state index in [0.29, 0.717) is 16.3 Å². The number of carbonyl (C=O) groups is 1. The summed E-state index contributed by atoms with van der Waals surface area (Å²) in [6.07, 6.45) is 0.433. The second kappa shape index (κ2) is 8.07. The number of halogens is 1. The zero-order chi connectivity index (χ0) is 17.5. The molecule has 1 N–H and O–H groups in total. The summed E-state index contributed by atoms with van der Waals surface area (Å²) in [6, 6.07) is 12.7. The predicted molar refractivity (Wildman–Crippen MR) is 91.3 cm³/mol. The number of non-ortho nitro benzene ring substituents is 1. The molecule has 7 nitrogen and oxygen atoms in total. The minimum absolute atomic E-state index is 0.0524. The molecule has 0 radical (unpaired) electrons. The van der Waals surface area contributed by atoms with E-state index in [2.05, 4.69) is 10.5 Å². The number of oxime groups is 1. The fourth-order valence-corrected chi connectivity index (χ4v) is 1.93. The van der Waals surface area contributed by atoms with Gasteiger partial charge in [-0.05, 0) is 19.1 Å². The summed E-state index contributed by atoms with van der Waals surface area (Å²) in [4.78, 5) is 27.2. The van der Waals surface area contributed by atoms with Crippen LogP contribution in [0.2, 0.25) is 5.02 Å². The molecular weight excluding hydrogens is 334 g/mol. The molecular formula is C16H14ClN3O4. The lowest BCUT2D eigenvalue weighted by atomic mass is 10.2. The fourth-order valence-electron chi connectivity index (χ4n) is 1.75. The van der Waals surface area contributed by atoms with Crippen LogP contribution in [0.4, 0.5) is 11.4 Å². The highest BCUT2D eigenvalue weighted by atomic mass is 35.5. The summed E-state index contributed by atoms with van der Waals surface area (Å²) in [5.74, 6) is -0.417. The molecule has 0 aliphatic heterocycles. The molecule has 0 saturated carbocycles. The molecule has 24 heavy (non-hydrogen) atoms. The lowest BCUT2D eigenvalue weighted by molar-refractivity contribution is -0.384. The first-order valence-corrected chi connectivity index (χ1v) is 7.34. The van der Waals surface area contributed by atoms with Crippen molar-refractivity contribution in [1.29, 1.82) is 0 Å². The molecule has 2 rings (SSSR count). The van der Waals surface area contributed by atoms with E-state index in [0.717, 1.165) is 0 Å². The van der Waals surface area contributed by atoms with Crippen LogP contribution in [-0.2, 0) is 9.63 Å². The lowest BCUT2D eigenvalue weighted by Gasteiger charge is -2.11. The van der Waals surface area contributed by atoms with E-state index in [4.69, 9.17) is 16.4 Å². The number of para-hydroxylation sites is 1. The van der Waals surface area contributed by atoms with Gasteiger partial charge >= 0.3 is 0 Å². The monoisotopic (exact) mass is 347 g/mol. The van der Waals surface area contributed by atoms with Crippen LogP contribution in [0.3, 0.4) is 0 Å². The lowest BCUT2D eigenvalue weighted by Crippen LogP contribution is -2.26. The SMILES string of the molecule is C[C@@H](O/N=C\c1cccc([N+](=O)[O-])c1)C(=O)Nc1ccccc1Cl. The summed E-state index contributed by atoms with van der Waals surface area (Å²) in [5.41, 5.74) is 0.911. The van der Waals surface area contributed by atoms with Gasteiger partial charge in [0.15, 0.2) is 0 Å². The van der Waals surface area contributed by atoms with Crippen molar-refractivity contribution in [2.75, 3.05) is 5.32 Å². The number of nitrogens with one attached hydrogen (secondary N) is 1. The third-order valence-corrected chi connectivity index (χ3v) is 3.33. The van der Waals surface area contributed by atoms with Gasteiger partial charge in [-0.2, -0.15) is 0 Å². The topological polar surface area (TPSA) is 93.8 Å². The van der Waals surface area contributed by atoms with Gasteiger partial charge in [-0.3, -0.25) is 14.9 Å². The molecule has 0 unspecified atom stereocenters. The van der Waals surface area contributed by atoms with Gasteiger partial charge in [0.05, 0.1) is 21.8 Å². The largest absolute Gasteiger partial charge is 0.383 e. The summed E-state index contributed by atoms with van der Waals surface area (Å²) < 4.78 is 0. The maximum atomic E-state index is 12.0. The van der Waals surface area contributed by atoms with Crippen LogP contribution < -0.4 is 5.32 Å². The Morgan fingerprint density at radius 1 is 1.33 bits per heavy atom. The average molecular weight is 348 g/mol. The van der Waals surface area contributed by atoms with Gasteiger partial charge in [0.1, 0.15) is 0 Å². The van der Waals surface area contributed by atoms with Gasteiger partial charge < -0.3 is 10.2 Å². The molecule has 124 valence electrons. The third kappa shape index (κ3) is 4.79. The van der Waals surface area contributed by atoms with Crippen molar-refractivity contribution in [3.05, 3.63) is 69.2 Å². The van der Waals surface area contributed by atoms with Crippen LogP contribution in [0.5, 0.6) is 0 Å². The molecule has 2 aromatic rings. The van der Waals surface area contributed by atoms with E-state index < -0.39 is 16.9 Å². The first-order valence-electron chi connectivity index (χ1n) is 6.96. The van der Waals surface area contributed by atoms with E-state index >= 15 is 0 Å². The highest BCUT2D eigenvalue weighted by Crippen LogP contribution is 2.20.